The van der Waals surface area contributed by atoms with Crippen LogP contribution in [0.25, 0.3) is 0 Å². The van der Waals surface area contributed by atoms with E-state index in [4.69, 9.17) is 10.5 Å². The van der Waals surface area contributed by atoms with Crippen molar-refractivity contribution >= 4 is 0 Å². The largest absolute Gasteiger partial charge is 0.496 e. The van der Waals surface area contributed by atoms with Crippen LogP contribution >= 0.6 is 0 Å². The minimum Gasteiger partial charge on any atom is -0.496 e. The lowest BCUT2D eigenvalue weighted by Gasteiger charge is -2.17. The quantitative estimate of drug-likeness (QED) is 0.773. The summed E-state index contributed by atoms with van der Waals surface area (Å²) in [5, 5.41) is 3.26. The third-order valence-corrected chi connectivity index (χ3v) is 2.63. The molecule has 0 bridgehead atoms. The maximum Gasteiger partial charge on any atom is 0.121 e. The molecule has 0 radical (unpaired) electrons. The number of rotatable bonds is 5. The predicted octanol–water partition coefficient (Wildman–Crippen LogP) is 1.61. The number of ether oxygens (including phenoxy) is 1. The summed E-state index contributed by atoms with van der Waals surface area (Å²) >= 11 is 0. The molecule has 0 aliphatic carbocycles. The van der Waals surface area contributed by atoms with Gasteiger partial charge in [-0.15, -0.1) is 0 Å². The summed E-state index contributed by atoms with van der Waals surface area (Å²) in [4.78, 5) is 0. The molecule has 1 aromatic rings. The van der Waals surface area contributed by atoms with Crippen LogP contribution in [0.3, 0.4) is 0 Å². The Bertz CT molecular complexity index is 312. The van der Waals surface area contributed by atoms with Crippen LogP contribution in [-0.4, -0.2) is 20.7 Å². The van der Waals surface area contributed by atoms with E-state index in [1.54, 1.807) is 7.11 Å². The van der Waals surface area contributed by atoms with Gasteiger partial charge >= 0.3 is 0 Å². The van der Waals surface area contributed by atoms with Crippen LogP contribution in [0.2, 0.25) is 0 Å². The zero-order valence-corrected chi connectivity index (χ0v) is 9.71. The van der Waals surface area contributed by atoms with E-state index in [0.717, 1.165) is 17.7 Å². The average Bonchev–Trinajstić information content (AvgIpc) is 2.25. The van der Waals surface area contributed by atoms with Gasteiger partial charge in [-0.05, 0) is 44.1 Å². The first-order chi connectivity index (χ1) is 7.22. The fourth-order valence-corrected chi connectivity index (χ4v) is 1.76. The van der Waals surface area contributed by atoms with Crippen LogP contribution < -0.4 is 15.8 Å². The molecule has 1 aromatic carbocycles. The van der Waals surface area contributed by atoms with Crippen molar-refractivity contribution in [3.05, 3.63) is 29.3 Å². The number of nitrogens with one attached hydrogen (secondary N) is 1. The minimum absolute atomic E-state index is 0.333. The Kier molecular flexibility index (Phi) is 4.59. The molecule has 15 heavy (non-hydrogen) atoms. The van der Waals surface area contributed by atoms with E-state index < -0.39 is 0 Å². The summed E-state index contributed by atoms with van der Waals surface area (Å²) in [6.45, 7) is 2.74. The maximum absolute atomic E-state index is 5.57. The Balaban J connectivity index is 2.89. The summed E-state index contributed by atoms with van der Waals surface area (Å²) in [5.41, 5.74) is 8.00. The highest BCUT2D eigenvalue weighted by atomic mass is 16.5. The normalized spacial score (nSPS) is 12.5. The van der Waals surface area contributed by atoms with Crippen molar-refractivity contribution in [3.8, 4) is 5.75 Å². The van der Waals surface area contributed by atoms with Gasteiger partial charge in [0.2, 0.25) is 0 Å². The number of hydrogen-bond donors (Lipinski definition) is 2. The van der Waals surface area contributed by atoms with Crippen LogP contribution in [0, 0.1) is 6.92 Å². The van der Waals surface area contributed by atoms with Crippen molar-refractivity contribution in [1.82, 2.24) is 5.32 Å². The van der Waals surface area contributed by atoms with Crippen LogP contribution in [0.4, 0.5) is 0 Å². The van der Waals surface area contributed by atoms with Crippen molar-refractivity contribution in [3.63, 3.8) is 0 Å². The molecule has 0 fully saturated rings. The smallest absolute Gasteiger partial charge is 0.121 e. The monoisotopic (exact) mass is 208 g/mol. The second-order valence-corrected chi connectivity index (χ2v) is 3.65. The van der Waals surface area contributed by atoms with Gasteiger partial charge in [-0.3, -0.25) is 0 Å². The van der Waals surface area contributed by atoms with Crippen LogP contribution in [0.5, 0.6) is 5.75 Å². The molecule has 0 amide bonds. The zero-order valence-electron chi connectivity index (χ0n) is 9.71. The van der Waals surface area contributed by atoms with Gasteiger partial charge in [0, 0.05) is 6.04 Å². The van der Waals surface area contributed by atoms with E-state index >= 15 is 0 Å². The molecule has 0 aliphatic rings. The maximum atomic E-state index is 5.57. The minimum atomic E-state index is 0.333. The molecule has 0 saturated heterocycles. The Labute approximate surface area is 91.6 Å². The number of hydrogen-bond acceptors (Lipinski definition) is 3. The standard InChI is InChI=1S/C12H20N2O/c1-9-8-10(4-5-12(9)15-3)11(14-2)6-7-13/h4-5,8,11,14H,6-7,13H2,1-3H3. The van der Waals surface area contributed by atoms with E-state index in [1.165, 1.54) is 5.56 Å². The van der Waals surface area contributed by atoms with Gasteiger partial charge in [0.1, 0.15) is 5.75 Å². The molecule has 3 N–H and O–H groups in total. The van der Waals surface area contributed by atoms with E-state index in [9.17, 15) is 0 Å². The molecular weight excluding hydrogens is 188 g/mol. The summed E-state index contributed by atoms with van der Waals surface area (Å²) < 4.78 is 5.23. The summed E-state index contributed by atoms with van der Waals surface area (Å²) in [5.74, 6) is 0.932. The fourth-order valence-electron chi connectivity index (χ4n) is 1.76. The SMILES string of the molecule is CNC(CCN)c1ccc(OC)c(C)c1. The van der Waals surface area contributed by atoms with Gasteiger partial charge in [-0.2, -0.15) is 0 Å². The lowest BCUT2D eigenvalue weighted by molar-refractivity contribution is 0.411. The second-order valence-electron chi connectivity index (χ2n) is 3.65. The summed E-state index contributed by atoms with van der Waals surface area (Å²) in [6, 6.07) is 6.57. The van der Waals surface area contributed by atoms with Gasteiger partial charge in [-0.25, -0.2) is 0 Å². The first kappa shape index (κ1) is 12.0. The molecule has 1 atom stereocenters. The lowest BCUT2D eigenvalue weighted by Crippen LogP contribution is -2.19. The van der Waals surface area contributed by atoms with E-state index in [2.05, 4.69) is 24.4 Å². The highest BCUT2D eigenvalue weighted by molar-refractivity contribution is 5.37. The Morgan fingerprint density at radius 2 is 2.20 bits per heavy atom. The van der Waals surface area contributed by atoms with Crippen molar-refractivity contribution in [1.29, 1.82) is 0 Å². The molecule has 0 aromatic heterocycles. The molecule has 0 saturated carbocycles. The molecule has 1 rings (SSSR count). The van der Waals surface area contributed by atoms with E-state index in [1.807, 2.05) is 13.1 Å². The number of methoxy groups -OCH3 is 1. The fraction of sp³-hybridized carbons (Fsp3) is 0.500. The first-order valence-corrected chi connectivity index (χ1v) is 5.24. The van der Waals surface area contributed by atoms with Gasteiger partial charge < -0.3 is 15.8 Å². The number of nitrogens with two attached hydrogens (primary N) is 1. The molecule has 84 valence electrons. The van der Waals surface area contributed by atoms with Gasteiger partial charge in [0.15, 0.2) is 0 Å². The van der Waals surface area contributed by atoms with Gasteiger partial charge in [-0.1, -0.05) is 12.1 Å². The van der Waals surface area contributed by atoms with Crippen molar-refractivity contribution in [2.75, 3.05) is 20.7 Å². The topological polar surface area (TPSA) is 47.3 Å². The van der Waals surface area contributed by atoms with Gasteiger partial charge in [0.25, 0.3) is 0 Å². The Morgan fingerprint density at radius 3 is 2.67 bits per heavy atom. The predicted molar refractivity (Wildman–Crippen MR) is 63.2 cm³/mol. The average molecular weight is 208 g/mol. The molecule has 0 spiro atoms. The molecular formula is C12H20N2O. The number of aryl methyl sites for hydroxylation is 1. The van der Waals surface area contributed by atoms with Crippen molar-refractivity contribution in [2.24, 2.45) is 5.73 Å². The van der Waals surface area contributed by atoms with Gasteiger partial charge in [0.05, 0.1) is 7.11 Å². The molecule has 1 unspecified atom stereocenters. The molecule has 3 heteroatoms. The lowest BCUT2D eigenvalue weighted by atomic mass is 10.0. The summed E-state index contributed by atoms with van der Waals surface area (Å²) in [7, 11) is 3.65. The van der Waals surface area contributed by atoms with Crippen LogP contribution in [-0.2, 0) is 0 Å². The molecule has 0 heterocycles. The Morgan fingerprint density at radius 1 is 1.47 bits per heavy atom. The second kappa shape index (κ2) is 5.73. The highest BCUT2D eigenvalue weighted by Gasteiger charge is 2.09. The van der Waals surface area contributed by atoms with E-state index in [0.29, 0.717) is 12.6 Å². The number of benzene rings is 1. The molecule has 0 aliphatic heterocycles. The Hall–Kier alpha value is -1.06. The van der Waals surface area contributed by atoms with Crippen molar-refractivity contribution in [2.45, 2.75) is 19.4 Å². The first-order valence-electron chi connectivity index (χ1n) is 5.24. The zero-order chi connectivity index (χ0) is 11.3. The highest BCUT2D eigenvalue weighted by Crippen LogP contribution is 2.23. The molecule has 3 nitrogen and oxygen atoms in total. The third-order valence-electron chi connectivity index (χ3n) is 2.63. The van der Waals surface area contributed by atoms with Crippen LogP contribution in [0.15, 0.2) is 18.2 Å². The third kappa shape index (κ3) is 2.94. The van der Waals surface area contributed by atoms with E-state index in [-0.39, 0.29) is 0 Å². The van der Waals surface area contributed by atoms with Crippen molar-refractivity contribution < 1.29 is 4.74 Å². The van der Waals surface area contributed by atoms with Crippen LogP contribution in [0.1, 0.15) is 23.6 Å². The summed E-state index contributed by atoms with van der Waals surface area (Å²) in [6.07, 6.45) is 0.947.